The highest BCUT2D eigenvalue weighted by Gasteiger charge is 2.13. The van der Waals surface area contributed by atoms with Gasteiger partial charge in [-0.25, -0.2) is 4.98 Å². The lowest BCUT2D eigenvalue weighted by molar-refractivity contribution is -0.138. The van der Waals surface area contributed by atoms with Gasteiger partial charge in [0.1, 0.15) is 12.4 Å². The third kappa shape index (κ3) is 3.90. The topological polar surface area (TPSA) is 81.3 Å². The summed E-state index contributed by atoms with van der Waals surface area (Å²) >= 11 is 0. The van der Waals surface area contributed by atoms with Gasteiger partial charge in [0.05, 0.1) is 7.11 Å². The third-order valence-electron chi connectivity index (χ3n) is 2.22. The molecule has 0 unspecified atom stereocenters. The van der Waals surface area contributed by atoms with Crippen molar-refractivity contribution >= 4 is 17.7 Å². The highest BCUT2D eigenvalue weighted by Crippen LogP contribution is 2.13. The van der Waals surface area contributed by atoms with Gasteiger partial charge in [-0.2, -0.15) is 4.98 Å². The number of methoxy groups -OCH3 is 1. The van der Waals surface area contributed by atoms with Crippen molar-refractivity contribution in [1.29, 1.82) is 0 Å². The largest absolute Gasteiger partial charge is 0.468 e. The van der Waals surface area contributed by atoms with Gasteiger partial charge in [-0.05, 0) is 13.3 Å². The molecule has 0 radical (unpaired) electrons. The number of aromatic nitrogens is 2. The first-order chi connectivity index (χ1) is 8.06. The van der Waals surface area contributed by atoms with Crippen LogP contribution >= 0.6 is 0 Å². The molecule has 1 aromatic rings. The van der Waals surface area contributed by atoms with Gasteiger partial charge in [-0.1, -0.05) is 6.92 Å². The summed E-state index contributed by atoms with van der Waals surface area (Å²) in [5.41, 5.74) is 6.37. The van der Waals surface area contributed by atoms with E-state index in [-0.39, 0.29) is 18.5 Å². The number of nitrogens with two attached hydrogens (primary N) is 1. The van der Waals surface area contributed by atoms with Crippen molar-refractivity contribution < 1.29 is 9.53 Å². The van der Waals surface area contributed by atoms with Gasteiger partial charge in [0, 0.05) is 18.3 Å². The average molecular weight is 238 g/mol. The molecule has 1 rings (SSSR count). The number of nitrogens with zero attached hydrogens (tertiary/aromatic N) is 3. The molecule has 2 N–H and O–H groups in total. The van der Waals surface area contributed by atoms with Gasteiger partial charge in [-0.15, -0.1) is 0 Å². The van der Waals surface area contributed by atoms with E-state index in [1.54, 1.807) is 6.07 Å². The fourth-order valence-corrected chi connectivity index (χ4v) is 1.50. The number of ether oxygens (including phenoxy) is 1. The van der Waals surface area contributed by atoms with E-state index in [1.165, 1.54) is 7.11 Å². The highest BCUT2D eigenvalue weighted by atomic mass is 16.5. The summed E-state index contributed by atoms with van der Waals surface area (Å²) in [4.78, 5) is 21.3. The molecule has 0 aliphatic heterocycles. The molecule has 1 aromatic heterocycles. The fourth-order valence-electron chi connectivity index (χ4n) is 1.50. The first kappa shape index (κ1) is 13.2. The van der Waals surface area contributed by atoms with Crippen LogP contribution in [-0.4, -0.2) is 36.1 Å². The second-order valence-corrected chi connectivity index (χ2v) is 3.72. The summed E-state index contributed by atoms with van der Waals surface area (Å²) in [5.74, 6) is 0.571. The van der Waals surface area contributed by atoms with Crippen molar-refractivity contribution in [2.45, 2.75) is 20.3 Å². The van der Waals surface area contributed by atoms with Gasteiger partial charge >= 0.3 is 5.97 Å². The summed E-state index contributed by atoms with van der Waals surface area (Å²) < 4.78 is 4.65. The molecule has 0 saturated carbocycles. The van der Waals surface area contributed by atoms with Crippen LogP contribution in [0.4, 0.5) is 11.8 Å². The monoisotopic (exact) mass is 238 g/mol. The van der Waals surface area contributed by atoms with Crippen LogP contribution in [-0.2, 0) is 9.53 Å². The van der Waals surface area contributed by atoms with Crippen LogP contribution < -0.4 is 10.6 Å². The summed E-state index contributed by atoms with van der Waals surface area (Å²) in [7, 11) is 1.37. The minimum absolute atomic E-state index is 0.167. The zero-order valence-electron chi connectivity index (χ0n) is 10.4. The molecule has 1 heterocycles. The van der Waals surface area contributed by atoms with E-state index < -0.39 is 0 Å². The Morgan fingerprint density at radius 2 is 2.24 bits per heavy atom. The zero-order chi connectivity index (χ0) is 12.8. The van der Waals surface area contributed by atoms with E-state index in [0.29, 0.717) is 12.4 Å². The van der Waals surface area contributed by atoms with Gasteiger partial charge in [0.2, 0.25) is 5.95 Å². The number of hydrogen-bond donors (Lipinski definition) is 1. The SMILES string of the molecule is CCCN(CC(=O)OC)c1cc(C)nc(N)n1. The Balaban J connectivity index is 2.91. The van der Waals surface area contributed by atoms with Gasteiger partial charge in [0.25, 0.3) is 0 Å². The normalized spacial score (nSPS) is 10.1. The van der Waals surface area contributed by atoms with Crippen LogP contribution in [0, 0.1) is 6.92 Å². The van der Waals surface area contributed by atoms with Crippen molar-refractivity contribution in [3.05, 3.63) is 11.8 Å². The molecule has 0 fully saturated rings. The van der Waals surface area contributed by atoms with Crippen molar-refractivity contribution in [3.63, 3.8) is 0 Å². The predicted octanol–water partition coefficient (Wildman–Crippen LogP) is 0.757. The van der Waals surface area contributed by atoms with Crippen molar-refractivity contribution in [3.8, 4) is 0 Å². The molecular formula is C11H18N4O2. The van der Waals surface area contributed by atoms with Crippen LogP contribution in [0.2, 0.25) is 0 Å². The molecule has 0 saturated heterocycles. The summed E-state index contributed by atoms with van der Waals surface area (Å²) in [6.45, 7) is 4.75. The Morgan fingerprint density at radius 3 is 2.76 bits per heavy atom. The number of carbonyl (C=O) groups is 1. The molecule has 6 nitrogen and oxygen atoms in total. The summed E-state index contributed by atoms with van der Waals surface area (Å²) in [5, 5.41) is 0. The van der Waals surface area contributed by atoms with Crippen LogP contribution in [0.3, 0.4) is 0 Å². The first-order valence-corrected chi connectivity index (χ1v) is 5.49. The molecule has 0 bridgehead atoms. The Kier molecular flexibility index (Phi) is 4.68. The number of carbonyl (C=O) groups excluding carboxylic acids is 1. The van der Waals surface area contributed by atoms with Gasteiger partial charge < -0.3 is 15.4 Å². The van der Waals surface area contributed by atoms with Gasteiger partial charge in [-0.3, -0.25) is 4.79 Å². The first-order valence-electron chi connectivity index (χ1n) is 5.49. The zero-order valence-corrected chi connectivity index (χ0v) is 10.4. The van der Waals surface area contributed by atoms with E-state index in [9.17, 15) is 4.79 Å². The Labute approximate surface area is 101 Å². The van der Waals surface area contributed by atoms with Crippen molar-refractivity contribution in [1.82, 2.24) is 9.97 Å². The van der Waals surface area contributed by atoms with Gasteiger partial charge in [0.15, 0.2) is 0 Å². The number of rotatable bonds is 5. The maximum atomic E-state index is 11.3. The highest BCUT2D eigenvalue weighted by molar-refractivity contribution is 5.75. The number of aryl methyl sites for hydroxylation is 1. The van der Waals surface area contributed by atoms with Crippen LogP contribution in [0.5, 0.6) is 0 Å². The molecule has 0 atom stereocenters. The number of anilines is 2. The Hall–Kier alpha value is -1.85. The van der Waals surface area contributed by atoms with E-state index in [4.69, 9.17) is 5.73 Å². The van der Waals surface area contributed by atoms with Crippen molar-refractivity contribution in [2.24, 2.45) is 0 Å². The summed E-state index contributed by atoms with van der Waals surface area (Å²) in [6.07, 6.45) is 0.903. The number of esters is 1. The van der Waals surface area contributed by atoms with E-state index in [0.717, 1.165) is 12.1 Å². The maximum absolute atomic E-state index is 11.3. The molecule has 0 spiro atoms. The van der Waals surface area contributed by atoms with Crippen LogP contribution in [0.1, 0.15) is 19.0 Å². The second kappa shape index (κ2) is 6.03. The quantitative estimate of drug-likeness (QED) is 0.762. The predicted molar refractivity (Wildman–Crippen MR) is 65.7 cm³/mol. The summed E-state index contributed by atoms with van der Waals surface area (Å²) in [6, 6.07) is 1.80. The van der Waals surface area contributed by atoms with Crippen molar-refractivity contribution in [2.75, 3.05) is 30.8 Å². The fraction of sp³-hybridized carbons (Fsp3) is 0.545. The molecule has 6 heteroatoms. The molecular weight excluding hydrogens is 220 g/mol. The Morgan fingerprint density at radius 1 is 1.53 bits per heavy atom. The smallest absolute Gasteiger partial charge is 0.325 e. The van der Waals surface area contributed by atoms with Crippen LogP contribution in [0.25, 0.3) is 0 Å². The lowest BCUT2D eigenvalue weighted by atomic mass is 10.3. The van der Waals surface area contributed by atoms with E-state index in [1.807, 2.05) is 18.7 Å². The van der Waals surface area contributed by atoms with E-state index >= 15 is 0 Å². The maximum Gasteiger partial charge on any atom is 0.325 e. The van der Waals surface area contributed by atoms with Crippen LogP contribution in [0.15, 0.2) is 6.07 Å². The number of hydrogen-bond acceptors (Lipinski definition) is 6. The molecule has 0 aromatic carbocycles. The molecule has 0 aliphatic rings. The average Bonchev–Trinajstić information content (AvgIpc) is 2.27. The van der Waals surface area contributed by atoms with E-state index in [2.05, 4.69) is 14.7 Å². The minimum atomic E-state index is -0.298. The molecule has 94 valence electrons. The molecule has 17 heavy (non-hydrogen) atoms. The lowest BCUT2D eigenvalue weighted by Gasteiger charge is -2.22. The lowest BCUT2D eigenvalue weighted by Crippen LogP contribution is -2.32. The molecule has 0 aliphatic carbocycles. The second-order valence-electron chi connectivity index (χ2n) is 3.72. The number of nitrogen functional groups attached to an aromatic ring is 1. The Bertz CT molecular complexity index is 375. The standard InChI is InChI=1S/C11H18N4O2/c1-4-5-15(7-10(16)17-3)9-6-8(2)13-11(12)14-9/h6H,4-5,7H2,1-3H3,(H2,12,13,14). The third-order valence-corrected chi connectivity index (χ3v) is 2.22. The molecule has 0 amide bonds. The minimum Gasteiger partial charge on any atom is -0.468 e.